The smallest absolute Gasteiger partial charge is 0.272 e. The second-order valence-corrected chi connectivity index (χ2v) is 8.25. The molecule has 0 unspecified atom stereocenters. The van der Waals surface area contributed by atoms with E-state index in [1.165, 1.54) is 0 Å². The van der Waals surface area contributed by atoms with Crippen molar-refractivity contribution in [2.45, 2.75) is 57.4 Å². The van der Waals surface area contributed by atoms with Crippen molar-refractivity contribution in [1.82, 2.24) is 20.4 Å². The van der Waals surface area contributed by atoms with Crippen LogP contribution in [-0.2, 0) is 4.79 Å². The molecule has 0 saturated heterocycles. The molecule has 0 bridgehead atoms. The fourth-order valence-corrected chi connectivity index (χ4v) is 3.99. The summed E-state index contributed by atoms with van der Waals surface area (Å²) < 4.78 is 2.60. The van der Waals surface area contributed by atoms with Gasteiger partial charge in [0.15, 0.2) is 5.69 Å². The molecule has 1 aliphatic carbocycles. The Labute approximate surface area is 174 Å². The summed E-state index contributed by atoms with van der Waals surface area (Å²) in [4.78, 5) is 25.8. The number of hydrogen-bond acceptors (Lipinski definition) is 3. The number of unbranched alkanes of at least 4 members (excludes halogenated alkanes) is 1. The minimum Gasteiger partial charge on any atom is -0.354 e. The Morgan fingerprint density at radius 1 is 1.21 bits per heavy atom. The van der Waals surface area contributed by atoms with Crippen LogP contribution in [0.5, 0.6) is 0 Å². The number of nitrogens with zero attached hydrogens (tertiary/aromatic N) is 2. The summed E-state index contributed by atoms with van der Waals surface area (Å²) in [6.07, 6.45) is 8.02. The number of rotatable bonds is 7. The van der Waals surface area contributed by atoms with Gasteiger partial charge in [-0.15, -0.1) is 0 Å². The van der Waals surface area contributed by atoms with Crippen LogP contribution in [0.4, 0.5) is 0 Å². The van der Waals surface area contributed by atoms with E-state index in [0.29, 0.717) is 25.1 Å². The number of halogens is 1. The van der Waals surface area contributed by atoms with E-state index >= 15 is 0 Å². The monoisotopic (exact) mass is 446 g/mol. The van der Waals surface area contributed by atoms with Crippen molar-refractivity contribution in [2.24, 2.45) is 0 Å². The van der Waals surface area contributed by atoms with Crippen LogP contribution in [0.2, 0.25) is 0 Å². The standard InChI is InChI=1S/C21H27BrN4O2/c1-2-3-13-23-20(28)21(11-5-4-6-12-21)24-19(27)18-10-14-26(25-18)17-9-7-8-16(22)15-17/h7-10,14-15H,2-6,11-13H2,1H3,(H,23,28)(H,24,27). The molecule has 150 valence electrons. The third-order valence-corrected chi connectivity index (χ3v) is 5.70. The zero-order chi connectivity index (χ0) is 20.0. The maximum absolute atomic E-state index is 12.9. The van der Waals surface area contributed by atoms with Crippen LogP contribution >= 0.6 is 15.9 Å². The van der Waals surface area contributed by atoms with Crippen LogP contribution in [0.15, 0.2) is 41.0 Å². The van der Waals surface area contributed by atoms with Crippen molar-refractivity contribution < 1.29 is 9.59 Å². The Hall–Kier alpha value is -2.15. The Kier molecular flexibility index (Phi) is 6.88. The lowest BCUT2D eigenvalue weighted by Gasteiger charge is -2.36. The van der Waals surface area contributed by atoms with Crippen LogP contribution in [0.25, 0.3) is 5.69 Å². The first kappa shape index (κ1) is 20.6. The summed E-state index contributed by atoms with van der Waals surface area (Å²) in [5.74, 6) is -0.373. The Morgan fingerprint density at radius 2 is 2.00 bits per heavy atom. The largest absolute Gasteiger partial charge is 0.354 e. The number of benzene rings is 1. The fourth-order valence-electron chi connectivity index (χ4n) is 3.60. The minimum atomic E-state index is -0.831. The lowest BCUT2D eigenvalue weighted by molar-refractivity contribution is -0.128. The van der Waals surface area contributed by atoms with Crippen molar-refractivity contribution in [3.05, 3.63) is 46.7 Å². The minimum absolute atomic E-state index is 0.0691. The molecule has 28 heavy (non-hydrogen) atoms. The summed E-state index contributed by atoms with van der Waals surface area (Å²) in [7, 11) is 0. The Bertz CT molecular complexity index is 827. The molecule has 1 aliphatic rings. The van der Waals surface area contributed by atoms with Gasteiger partial charge in [0.25, 0.3) is 5.91 Å². The Morgan fingerprint density at radius 3 is 2.71 bits per heavy atom. The van der Waals surface area contributed by atoms with Gasteiger partial charge in [-0.25, -0.2) is 4.68 Å². The highest BCUT2D eigenvalue weighted by molar-refractivity contribution is 9.10. The highest BCUT2D eigenvalue weighted by Gasteiger charge is 2.41. The maximum Gasteiger partial charge on any atom is 0.272 e. The maximum atomic E-state index is 12.9. The molecule has 1 saturated carbocycles. The lowest BCUT2D eigenvalue weighted by atomic mass is 9.80. The quantitative estimate of drug-likeness (QED) is 0.631. The second kappa shape index (κ2) is 9.37. The first-order valence-electron chi connectivity index (χ1n) is 9.96. The molecule has 1 heterocycles. The molecule has 1 aromatic heterocycles. The van der Waals surface area contributed by atoms with Crippen LogP contribution < -0.4 is 10.6 Å². The van der Waals surface area contributed by atoms with E-state index in [1.807, 2.05) is 24.3 Å². The van der Waals surface area contributed by atoms with Gasteiger partial charge in [-0.2, -0.15) is 5.10 Å². The Balaban J connectivity index is 1.74. The zero-order valence-corrected chi connectivity index (χ0v) is 17.8. The highest BCUT2D eigenvalue weighted by atomic mass is 79.9. The van der Waals surface area contributed by atoms with Gasteiger partial charge in [0.2, 0.25) is 5.91 Å². The van der Waals surface area contributed by atoms with E-state index in [1.54, 1.807) is 16.9 Å². The summed E-state index contributed by atoms with van der Waals surface area (Å²) in [6, 6.07) is 9.38. The SMILES string of the molecule is CCCCNC(=O)C1(NC(=O)c2ccn(-c3cccc(Br)c3)n2)CCCCC1. The van der Waals surface area contributed by atoms with E-state index in [2.05, 4.69) is 38.6 Å². The second-order valence-electron chi connectivity index (χ2n) is 7.33. The van der Waals surface area contributed by atoms with Crippen molar-refractivity contribution in [2.75, 3.05) is 6.54 Å². The molecule has 3 rings (SSSR count). The molecule has 0 radical (unpaired) electrons. The van der Waals surface area contributed by atoms with E-state index in [4.69, 9.17) is 0 Å². The molecular weight excluding hydrogens is 420 g/mol. The first-order valence-corrected chi connectivity index (χ1v) is 10.8. The van der Waals surface area contributed by atoms with Gasteiger partial charge in [-0.05, 0) is 43.5 Å². The molecule has 2 N–H and O–H groups in total. The van der Waals surface area contributed by atoms with Gasteiger partial charge in [-0.1, -0.05) is 54.6 Å². The van der Waals surface area contributed by atoms with Crippen LogP contribution in [0, 0.1) is 0 Å². The predicted octanol–water partition coefficient (Wildman–Crippen LogP) is 3.98. The van der Waals surface area contributed by atoms with E-state index in [0.717, 1.165) is 42.3 Å². The van der Waals surface area contributed by atoms with Gasteiger partial charge in [-0.3, -0.25) is 9.59 Å². The third-order valence-electron chi connectivity index (χ3n) is 5.20. The van der Waals surface area contributed by atoms with Crippen LogP contribution in [-0.4, -0.2) is 33.7 Å². The molecule has 0 spiro atoms. The molecule has 7 heteroatoms. The zero-order valence-electron chi connectivity index (χ0n) is 16.2. The van der Waals surface area contributed by atoms with Gasteiger partial charge in [0.1, 0.15) is 5.54 Å². The molecule has 1 aromatic carbocycles. The molecule has 1 fully saturated rings. The number of hydrogen-bond donors (Lipinski definition) is 2. The van der Waals surface area contributed by atoms with Gasteiger partial charge in [0.05, 0.1) is 5.69 Å². The number of aromatic nitrogens is 2. The van der Waals surface area contributed by atoms with Gasteiger partial charge < -0.3 is 10.6 Å². The average Bonchev–Trinajstić information content (AvgIpc) is 3.19. The summed E-state index contributed by atoms with van der Waals surface area (Å²) in [5.41, 5.74) is 0.340. The predicted molar refractivity (Wildman–Crippen MR) is 112 cm³/mol. The summed E-state index contributed by atoms with van der Waals surface area (Å²) >= 11 is 3.44. The lowest BCUT2D eigenvalue weighted by Crippen LogP contribution is -2.59. The highest BCUT2D eigenvalue weighted by Crippen LogP contribution is 2.29. The van der Waals surface area contributed by atoms with Gasteiger partial charge in [0, 0.05) is 17.2 Å². The van der Waals surface area contributed by atoms with E-state index in [-0.39, 0.29) is 11.8 Å². The molecule has 2 amide bonds. The molecule has 6 nitrogen and oxygen atoms in total. The van der Waals surface area contributed by atoms with E-state index in [9.17, 15) is 9.59 Å². The van der Waals surface area contributed by atoms with Crippen molar-refractivity contribution in [3.8, 4) is 5.69 Å². The van der Waals surface area contributed by atoms with Gasteiger partial charge >= 0.3 is 0 Å². The molecular formula is C21H27BrN4O2. The van der Waals surface area contributed by atoms with Crippen LogP contribution in [0.1, 0.15) is 62.4 Å². The average molecular weight is 447 g/mol. The van der Waals surface area contributed by atoms with E-state index < -0.39 is 5.54 Å². The number of carbonyl (C=O) groups is 2. The van der Waals surface area contributed by atoms with Crippen molar-refractivity contribution in [3.63, 3.8) is 0 Å². The number of amides is 2. The van der Waals surface area contributed by atoms with Crippen LogP contribution in [0.3, 0.4) is 0 Å². The normalized spacial score (nSPS) is 15.8. The molecule has 0 aliphatic heterocycles. The van der Waals surface area contributed by atoms with Crippen molar-refractivity contribution >= 4 is 27.7 Å². The van der Waals surface area contributed by atoms with Crippen molar-refractivity contribution in [1.29, 1.82) is 0 Å². The molecule has 0 atom stereocenters. The topological polar surface area (TPSA) is 76.0 Å². The third kappa shape index (κ3) is 4.82. The number of nitrogens with one attached hydrogen (secondary N) is 2. The number of carbonyl (C=O) groups excluding carboxylic acids is 2. The summed E-state index contributed by atoms with van der Waals surface area (Å²) in [6.45, 7) is 2.73. The molecule has 2 aromatic rings. The fraction of sp³-hybridized carbons (Fsp3) is 0.476. The first-order chi connectivity index (χ1) is 13.5. The summed E-state index contributed by atoms with van der Waals surface area (Å²) in [5, 5.41) is 10.4.